The molecule has 1 heterocycles. The van der Waals surface area contributed by atoms with Gasteiger partial charge in [0, 0.05) is 5.56 Å². The van der Waals surface area contributed by atoms with Gasteiger partial charge in [-0.2, -0.15) is 0 Å². The van der Waals surface area contributed by atoms with Gasteiger partial charge in [-0.15, -0.1) is 0 Å². The summed E-state index contributed by atoms with van der Waals surface area (Å²) in [7, 11) is -3.31. The van der Waals surface area contributed by atoms with E-state index in [-0.39, 0.29) is 17.3 Å². The highest BCUT2D eigenvalue weighted by molar-refractivity contribution is 7.92. The predicted octanol–water partition coefficient (Wildman–Crippen LogP) is 2.39. The number of amides is 1. The van der Waals surface area contributed by atoms with E-state index in [1.54, 1.807) is 26.0 Å². The molecule has 0 aliphatic heterocycles. The van der Waals surface area contributed by atoms with Gasteiger partial charge in [0.25, 0.3) is 5.91 Å². The first kappa shape index (κ1) is 15.3. The Kier molecular flexibility index (Phi) is 4.47. The highest BCUT2D eigenvalue weighted by Gasteiger charge is 2.19. The molecule has 0 saturated carbocycles. The molecule has 21 heavy (non-hydrogen) atoms. The fraction of sp³-hybridized carbons (Fsp3) is 0.267. The highest BCUT2D eigenvalue weighted by Crippen LogP contribution is 2.16. The van der Waals surface area contributed by atoms with Crippen molar-refractivity contribution in [1.82, 2.24) is 5.32 Å². The summed E-state index contributed by atoms with van der Waals surface area (Å²) >= 11 is 0. The number of benzene rings is 1. The summed E-state index contributed by atoms with van der Waals surface area (Å²) in [5, 5.41) is 2.21. The van der Waals surface area contributed by atoms with Crippen molar-refractivity contribution in [1.29, 1.82) is 0 Å². The van der Waals surface area contributed by atoms with E-state index in [2.05, 4.69) is 5.32 Å². The molecule has 6 heteroatoms. The van der Waals surface area contributed by atoms with Gasteiger partial charge < -0.3 is 9.73 Å². The average molecular weight is 307 g/mol. The van der Waals surface area contributed by atoms with E-state index in [9.17, 15) is 13.2 Å². The molecular weight excluding hydrogens is 290 g/mol. The SMILES string of the molecule is CC(C)S(=O)(=O)c1ccc(C(=O)NCc2ccco2)cc1. The van der Waals surface area contributed by atoms with Crippen LogP contribution in [-0.2, 0) is 16.4 Å². The van der Waals surface area contributed by atoms with Crippen molar-refractivity contribution in [3.05, 3.63) is 54.0 Å². The van der Waals surface area contributed by atoms with E-state index in [1.165, 1.54) is 30.5 Å². The minimum atomic E-state index is -3.31. The number of hydrogen-bond acceptors (Lipinski definition) is 4. The minimum absolute atomic E-state index is 0.222. The summed E-state index contributed by atoms with van der Waals surface area (Å²) in [6.07, 6.45) is 1.53. The van der Waals surface area contributed by atoms with Gasteiger partial charge in [-0.3, -0.25) is 4.79 Å². The van der Waals surface area contributed by atoms with Crippen LogP contribution in [-0.4, -0.2) is 19.6 Å². The number of hydrogen-bond donors (Lipinski definition) is 1. The second kappa shape index (κ2) is 6.13. The summed E-state index contributed by atoms with van der Waals surface area (Å²) in [6, 6.07) is 9.43. The zero-order valence-electron chi connectivity index (χ0n) is 11.9. The van der Waals surface area contributed by atoms with E-state index in [1.807, 2.05) is 0 Å². The molecule has 1 amide bonds. The van der Waals surface area contributed by atoms with Gasteiger partial charge in [0.15, 0.2) is 9.84 Å². The van der Waals surface area contributed by atoms with E-state index < -0.39 is 15.1 Å². The molecule has 2 rings (SSSR count). The predicted molar refractivity (Wildman–Crippen MR) is 78.6 cm³/mol. The number of sulfone groups is 1. The number of rotatable bonds is 5. The Labute approximate surface area is 123 Å². The zero-order chi connectivity index (χ0) is 15.5. The number of nitrogens with one attached hydrogen (secondary N) is 1. The molecule has 0 aliphatic rings. The van der Waals surface area contributed by atoms with Crippen LogP contribution in [0.3, 0.4) is 0 Å². The lowest BCUT2D eigenvalue weighted by molar-refractivity contribution is 0.0948. The molecule has 1 aromatic carbocycles. The Morgan fingerprint density at radius 3 is 2.38 bits per heavy atom. The Bertz CT molecular complexity index is 701. The van der Waals surface area contributed by atoms with Crippen molar-refractivity contribution in [2.75, 3.05) is 0 Å². The maximum absolute atomic E-state index is 12.0. The molecule has 2 aromatic rings. The van der Waals surface area contributed by atoms with Crippen LogP contribution in [0, 0.1) is 0 Å². The Morgan fingerprint density at radius 2 is 1.86 bits per heavy atom. The topological polar surface area (TPSA) is 76.4 Å². The van der Waals surface area contributed by atoms with E-state index in [4.69, 9.17) is 4.42 Å². The highest BCUT2D eigenvalue weighted by atomic mass is 32.2. The molecule has 1 aromatic heterocycles. The molecule has 0 atom stereocenters. The third-order valence-electron chi connectivity index (χ3n) is 3.07. The third kappa shape index (κ3) is 3.52. The van der Waals surface area contributed by atoms with Crippen LogP contribution >= 0.6 is 0 Å². The maximum Gasteiger partial charge on any atom is 0.251 e. The van der Waals surface area contributed by atoms with Crippen LogP contribution in [0.4, 0.5) is 0 Å². The zero-order valence-corrected chi connectivity index (χ0v) is 12.7. The van der Waals surface area contributed by atoms with Crippen molar-refractivity contribution in [3.8, 4) is 0 Å². The largest absolute Gasteiger partial charge is 0.467 e. The molecule has 0 aliphatic carbocycles. The third-order valence-corrected chi connectivity index (χ3v) is 5.24. The van der Waals surface area contributed by atoms with Crippen LogP contribution in [0.5, 0.6) is 0 Å². The summed E-state index contributed by atoms with van der Waals surface area (Å²) in [4.78, 5) is 12.2. The van der Waals surface area contributed by atoms with Gasteiger partial charge in [0.1, 0.15) is 5.76 Å². The number of carbonyl (C=O) groups excluding carboxylic acids is 1. The molecule has 0 fully saturated rings. The first-order valence-corrected chi connectivity index (χ1v) is 8.10. The molecule has 0 saturated heterocycles. The second-order valence-corrected chi connectivity index (χ2v) is 7.38. The van der Waals surface area contributed by atoms with E-state index in [0.717, 1.165) is 0 Å². The average Bonchev–Trinajstić information content (AvgIpc) is 2.98. The molecule has 112 valence electrons. The van der Waals surface area contributed by atoms with Gasteiger partial charge in [0.05, 0.1) is 23.0 Å². The van der Waals surface area contributed by atoms with Crippen LogP contribution in [0.2, 0.25) is 0 Å². The van der Waals surface area contributed by atoms with Gasteiger partial charge in [0.2, 0.25) is 0 Å². The second-order valence-electron chi connectivity index (χ2n) is 4.88. The van der Waals surface area contributed by atoms with E-state index in [0.29, 0.717) is 11.3 Å². The maximum atomic E-state index is 12.0. The molecule has 0 radical (unpaired) electrons. The minimum Gasteiger partial charge on any atom is -0.467 e. The van der Waals surface area contributed by atoms with Crippen molar-refractivity contribution in [2.45, 2.75) is 30.5 Å². The molecule has 0 bridgehead atoms. The molecule has 1 N–H and O–H groups in total. The lowest BCUT2D eigenvalue weighted by atomic mass is 10.2. The first-order chi connectivity index (χ1) is 9.91. The summed E-state index contributed by atoms with van der Waals surface area (Å²) < 4.78 is 29.1. The number of carbonyl (C=O) groups is 1. The van der Waals surface area contributed by atoms with Crippen LogP contribution in [0.15, 0.2) is 52.0 Å². The lowest BCUT2D eigenvalue weighted by Gasteiger charge is -2.08. The van der Waals surface area contributed by atoms with Crippen molar-refractivity contribution in [2.24, 2.45) is 0 Å². The van der Waals surface area contributed by atoms with Crippen LogP contribution in [0.1, 0.15) is 30.0 Å². The fourth-order valence-electron chi connectivity index (χ4n) is 1.75. The normalized spacial score (nSPS) is 11.6. The standard InChI is InChI=1S/C15H17NO4S/c1-11(2)21(18,19)14-7-5-12(6-8-14)15(17)16-10-13-4-3-9-20-13/h3-9,11H,10H2,1-2H3,(H,16,17). The Morgan fingerprint density at radius 1 is 1.19 bits per heavy atom. The van der Waals surface area contributed by atoms with Crippen LogP contribution in [0.25, 0.3) is 0 Å². The van der Waals surface area contributed by atoms with Gasteiger partial charge in [-0.25, -0.2) is 8.42 Å². The molecule has 0 unspecified atom stereocenters. The number of furan rings is 1. The summed E-state index contributed by atoms with van der Waals surface area (Å²) in [5.41, 5.74) is 0.407. The fourth-order valence-corrected chi connectivity index (χ4v) is 2.81. The molecular formula is C15H17NO4S. The van der Waals surface area contributed by atoms with Crippen molar-refractivity contribution in [3.63, 3.8) is 0 Å². The van der Waals surface area contributed by atoms with Gasteiger partial charge in [-0.1, -0.05) is 0 Å². The van der Waals surface area contributed by atoms with Crippen molar-refractivity contribution >= 4 is 15.7 Å². The molecule has 5 nitrogen and oxygen atoms in total. The van der Waals surface area contributed by atoms with Crippen molar-refractivity contribution < 1.29 is 17.6 Å². The molecule has 0 spiro atoms. The lowest BCUT2D eigenvalue weighted by Crippen LogP contribution is -2.22. The van der Waals surface area contributed by atoms with Gasteiger partial charge in [-0.05, 0) is 50.2 Å². The summed E-state index contributed by atoms with van der Waals surface area (Å²) in [6.45, 7) is 3.54. The Hall–Kier alpha value is -2.08. The smallest absolute Gasteiger partial charge is 0.251 e. The summed E-state index contributed by atoms with van der Waals surface area (Å²) in [5.74, 6) is 0.377. The quantitative estimate of drug-likeness (QED) is 0.920. The first-order valence-electron chi connectivity index (χ1n) is 6.56. The monoisotopic (exact) mass is 307 g/mol. The Balaban J connectivity index is 2.07. The van der Waals surface area contributed by atoms with E-state index >= 15 is 0 Å². The van der Waals surface area contributed by atoms with Gasteiger partial charge >= 0.3 is 0 Å². The van der Waals surface area contributed by atoms with Crippen LogP contribution < -0.4 is 5.32 Å².